The van der Waals surface area contributed by atoms with Crippen molar-refractivity contribution in [3.05, 3.63) is 0 Å². The van der Waals surface area contributed by atoms with E-state index in [1.54, 1.807) is 13.8 Å². The van der Waals surface area contributed by atoms with Gasteiger partial charge in [-0.1, -0.05) is 6.92 Å². The van der Waals surface area contributed by atoms with Gasteiger partial charge in [-0.25, -0.2) is 4.79 Å². The molecule has 0 fully saturated rings. The predicted molar refractivity (Wildman–Crippen MR) is 44.7 cm³/mol. The fourth-order valence-corrected chi connectivity index (χ4v) is 0.263. The van der Waals surface area contributed by atoms with Crippen LogP contribution in [0.25, 0.3) is 0 Å². The molecule has 0 radical (unpaired) electrons. The molecule has 0 aromatic carbocycles. The summed E-state index contributed by atoms with van der Waals surface area (Å²) in [5, 5.41) is 13.9. The van der Waals surface area contributed by atoms with Gasteiger partial charge in [0.1, 0.15) is 0 Å². The Hall–Kier alpha value is 0.376. The summed E-state index contributed by atoms with van der Waals surface area (Å²) in [5.41, 5.74) is 0. The van der Waals surface area contributed by atoms with Gasteiger partial charge in [-0.3, -0.25) is 4.79 Å². The number of rotatable bonds is 2. The second-order valence-corrected chi connectivity index (χ2v) is 1.44. The van der Waals surface area contributed by atoms with Crippen molar-refractivity contribution in [2.24, 2.45) is 0 Å². The summed E-state index contributed by atoms with van der Waals surface area (Å²) in [6.07, 6.45) is -1.35. The van der Waals surface area contributed by atoms with Gasteiger partial charge in [0.05, 0.1) is 6.61 Å². The number of hydrogen-bond donors (Lipinski definition) is 2. The van der Waals surface area contributed by atoms with E-state index in [1.807, 2.05) is 0 Å². The third-order valence-corrected chi connectivity index (χ3v) is 0.594. The van der Waals surface area contributed by atoms with E-state index in [1.165, 1.54) is 0 Å². The Bertz CT molecular complexity index is 121. The molecule has 68 valence electrons. The molecule has 0 atom stereocenters. The van der Waals surface area contributed by atoms with Gasteiger partial charge < -0.3 is 14.9 Å². The SMILES string of the molecule is CCOC(=O)CC.O=C(O)O.[KH]. The Balaban J connectivity index is -0.000000142. The van der Waals surface area contributed by atoms with Crippen molar-refractivity contribution in [2.75, 3.05) is 6.61 Å². The molecular formula is C6H13KO5. The van der Waals surface area contributed by atoms with Gasteiger partial charge in [-0.15, -0.1) is 0 Å². The normalized spacial score (nSPS) is 6.83. The zero-order chi connectivity index (χ0) is 9.28. The van der Waals surface area contributed by atoms with E-state index in [-0.39, 0.29) is 57.4 Å². The maximum absolute atomic E-state index is 10.2. The van der Waals surface area contributed by atoms with Gasteiger partial charge in [0.25, 0.3) is 0 Å². The van der Waals surface area contributed by atoms with Crippen LogP contribution in [0, 0.1) is 0 Å². The third-order valence-electron chi connectivity index (χ3n) is 0.594. The molecule has 0 heterocycles. The molecule has 0 aliphatic carbocycles. The van der Waals surface area contributed by atoms with Crippen LogP contribution in [0.1, 0.15) is 20.3 Å². The van der Waals surface area contributed by atoms with Crippen molar-refractivity contribution in [2.45, 2.75) is 20.3 Å². The quantitative estimate of drug-likeness (QED) is 0.506. The first-order chi connectivity index (χ1) is 5.04. The zero-order valence-corrected chi connectivity index (χ0v) is 6.53. The number of esters is 1. The van der Waals surface area contributed by atoms with Crippen molar-refractivity contribution in [3.63, 3.8) is 0 Å². The maximum atomic E-state index is 10.2. The third kappa shape index (κ3) is 31.6. The van der Waals surface area contributed by atoms with Gasteiger partial charge in [-0.05, 0) is 6.92 Å². The fourth-order valence-electron chi connectivity index (χ4n) is 0.263. The topological polar surface area (TPSA) is 83.8 Å². The zero-order valence-electron chi connectivity index (χ0n) is 6.53. The molecule has 0 unspecified atom stereocenters. The van der Waals surface area contributed by atoms with E-state index in [4.69, 9.17) is 15.0 Å². The molecule has 0 aliphatic heterocycles. The van der Waals surface area contributed by atoms with Crippen LogP contribution >= 0.6 is 0 Å². The number of hydrogen-bond acceptors (Lipinski definition) is 3. The van der Waals surface area contributed by atoms with Crippen LogP contribution in [0.5, 0.6) is 0 Å². The predicted octanol–water partition coefficient (Wildman–Crippen LogP) is 0.533. The Labute approximate surface area is 114 Å². The van der Waals surface area contributed by atoms with E-state index >= 15 is 0 Å². The Morgan fingerprint density at radius 1 is 1.25 bits per heavy atom. The summed E-state index contributed by atoms with van der Waals surface area (Å²) < 4.78 is 4.55. The number of ether oxygens (including phenoxy) is 1. The Kier molecular flexibility index (Phi) is 21.2. The number of carbonyl (C=O) groups excluding carboxylic acids is 1. The van der Waals surface area contributed by atoms with Crippen LogP contribution in [0.15, 0.2) is 0 Å². The molecule has 2 N–H and O–H groups in total. The Morgan fingerprint density at radius 3 is 1.67 bits per heavy atom. The summed E-state index contributed by atoms with van der Waals surface area (Å²) in [6, 6.07) is 0. The second kappa shape index (κ2) is 13.9. The van der Waals surface area contributed by atoms with E-state index in [9.17, 15) is 4.79 Å². The molecular weight excluding hydrogens is 191 g/mol. The van der Waals surface area contributed by atoms with Crippen molar-refractivity contribution in [1.29, 1.82) is 0 Å². The summed E-state index contributed by atoms with van der Waals surface area (Å²) in [7, 11) is 0. The summed E-state index contributed by atoms with van der Waals surface area (Å²) in [4.78, 5) is 18.7. The van der Waals surface area contributed by atoms with Crippen LogP contribution in [-0.4, -0.2) is 80.3 Å². The minimum atomic E-state index is -1.83. The molecule has 5 nitrogen and oxygen atoms in total. The molecule has 0 saturated heterocycles. The van der Waals surface area contributed by atoms with Crippen LogP contribution in [0.4, 0.5) is 4.79 Å². The van der Waals surface area contributed by atoms with E-state index in [0.29, 0.717) is 13.0 Å². The monoisotopic (exact) mass is 204 g/mol. The molecule has 12 heavy (non-hydrogen) atoms. The fraction of sp³-hybridized carbons (Fsp3) is 0.667. The van der Waals surface area contributed by atoms with Crippen molar-refractivity contribution >= 4 is 63.5 Å². The Morgan fingerprint density at radius 2 is 1.58 bits per heavy atom. The van der Waals surface area contributed by atoms with E-state index in [2.05, 4.69) is 4.74 Å². The average molecular weight is 204 g/mol. The number of carboxylic acid groups (broad SMARTS) is 2. The molecule has 0 bridgehead atoms. The molecule has 0 spiro atoms. The van der Waals surface area contributed by atoms with Gasteiger partial charge in [0.2, 0.25) is 0 Å². The van der Waals surface area contributed by atoms with Crippen LogP contribution in [-0.2, 0) is 9.53 Å². The van der Waals surface area contributed by atoms with Crippen molar-refractivity contribution < 1.29 is 24.5 Å². The van der Waals surface area contributed by atoms with Gasteiger partial charge in [0, 0.05) is 6.42 Å². The van der Waals surface area contributed by atoms with Crippen LogP contribution < -0.4 is 0 Å². The van der Waals surface area contributed by atoms with Gasteiger partial charge in [-0.2, -0.15) is 0 Å². The molecule has 0 aromatic rings. The summed E-state index contributed by atoms with van der Waals surface area (Å²) in [6.45, 7) is 4.07. The molecule has 0 aromatic heterocycles. The number of carbonyl (C=O) groups is 2. The van der Waals surface area contributed by atoms with E-state index in [0.717, 1.165) is 0 Å². The van der Waals surface area contributed by atoms with Crippen LogP contribution in [0.2, 0.25) is 0 Å². The van der Waals surface area contributed by atoms with E-state index < -0.39 is 6.16 Å². The average Bonchev–Trinajstić information content (AvgIpc) is 1.87. The standard InChI is InChI=1S/C5H10O2.CH2O3.K.H/c1-3-5(6)7-4-2;2-1(3)4;;/h3-4H2,1-2H3;(H2,2,3,4);;. The molecule has 0 rings (SSSR count). The molecule has 0 aliphatic rings. The first-order valence-corrected chi connectivity index (χ1v) is 3.12. The molecule has 0 amide bonds. The van der Waals surface area contributed by atoms with Crippen LogP contribution in [0.3, 0.4) is 0 Å². The minimum absolute atomic E-state index is 0. The molecule has 0 saturated carbocycles. The van der Waals surface area contributed by atoms with Gasteiger partial charge >= 0.3 is 63.5 Å². The first-order valence-electron chi connectivity index (χ1n) is 3.12. The summed E-state index contributed by atoms with van der Waals surface area (Å²) in [5.74, 6) is -0.123. The van der Waals surface area contributed by atoms with Gasteiger partial charge in [0.15, 0.2) is 0 Å². The first kappa shape index (κ1) is 18.2. The summed E-state index contributed by atoms with van der Waals surface area (Å²) >= 11 is 0. The van der Waals surface area contributed by atoms with Crippen molar-refractivity contribution in [3.8, 4) is 0 Å². The molecule has 6 heteroatoms. The van der Waals surface area contributed by atoms with Crippen molar-refractivity contribution in [1.82, 2.24) is 0 Å². The second-order valence-electron chi connectivity index (χ2n) is 1.44.